The second kappa shape index (κ2) is 8.76. The molecule has 10 heteroatoms. The summed E-state index contributed by atoms with van der Waals surface area (Å²) in [5.41, 5.74) is -0.822. The summed E-state index contributed by atoms with van der Waals surface area (Å²) in [6, 6.07) is 8.41. The van der Waals surface area contributed by atoms with Crippen molar-refractivity contribution in [2.45, 2.75) is 43.9 Å². The quantitative estimate of drug-likeness (QED) is 0.373. The number of halogens is 4. The molecule has 1 aliphatic carbocycles. The van der Waals surface area contributed by atoms with Crippen LogP contribution < -0.4 is 4.90 Å². The molecule has 0 unspecified atom stereocenters. The number of amides is 2. The Hall–Kier alpha value is -4.13. The molecule has 5 rings (SSSR count). The Labute approximate surface area is 209 Å². The highest BCUT2D eigenvalue weighted by Crippen LogP contribution is 2.51. The Balaban J connectivity index is 1.48. The van der Waals surface area contributed by atoms with Crippen molar-refractivity contribution in [3.8, 4) is 12.3 Å². The second-order valence-corrected chi connectivity index (χ2v) is 9.34. The molecule has 2 aromatic carbocycles. The van der Waals surface area contributed by atoms with E-state index in [1.807, 2.05) is 0 Å². The number of hydrogen-bond acceptors (Lipinski definition) is 4. The molecule has 1 aromatic heterocycles. The average Bonchev–Trinajstić information content (AvgIpc) is 3.26. The van der Waals surface area contributed by atoms with E-state index >= 15 is 0 Å². The molecule has 2 heterocycles. The van der Waals surface area contributed by atoms with Crippen LogP contribution in [0.25, 0.3) is 0 Å². The standard InChI is InChI=1S/C27H21F4N3O3/c1-3-17-6-9-22(21(28)10-17)33-14-23(35)34(13-18-4-7-20(8-5-18)27(29,30)31)26(25(33)36)11-19(12-26)24-32-16(2)15-37-24/h1,4-10,15,19H,11-14H2,2H3. The molecule has 0 radical (unpaired) electrons. The van der Waals surface area contributed by atoms with E-state index in [0.717, 1.165) is 23.1 Å². The number of hydrogen-bond donors (Lipinski definition) is 0. The van der Waals surface area contributed by atoms with Crippen LogP contribution in [-0.2, 0) is 22.3 Å². The minimum absolute atomic E-state index is 0.0682. The normalized spacial score (nSPS) is 21.8. The molecule has 6 nitrogen and oxygen atoms in total. The van der Waals surface area contributed by atoms with Gasteiger partial charge in [0.1, 0.15) is 24.2 Å². The van der Waals surface area contributed by atoms with E-state index in [9.17, 15) is 27.2 Å². The number of piperazine rings is 1. The monoisotopic (exact) mass is 511 g/mol. The number of oxazole rings is 1. The summed E-state index contributed by atoms with van der Waals surface area (Å²) < 4.78 is 59.4. The van der Waals surface area contributed by atoms with Crippen LogP contribution in [-0.4, -0.2) is 33.8 Å². The lowest BCUT2D eigenvalue weighted by atomic mass is 9.65. The lowest BCUT2D eigenvalue weighted by Crippen LogP contribution is -2.72. The molecular weight excluding hydrogens is 490 g/mol. The molecule has 0 N–H and O–H groups in total. The van der Waals surface area contributed by atoms with Gasteiger partial charge in [0.2, 0.25) is 5.91 Å². The van der Waals surface area contributed by atoms with E-state index in [-0.39, 0.29) is 31.0 Å². The first kappa shape index (κ1) is 24.6. The molecule has 1 saturated heterocycles. The Morgan fingerprint density at radius 2 is 1.86 bits per heavy atom. The zero-order valence-corrected chi connectivity index (χ0v) is 19.7. The van der Waals surface area contributed by atoms with Gasteiger partial charge in [-0.2, -0.15) is 13.2 Å². The molecular formula is C27H21F4N3O3. The zero-order chi connectivity index (χ0) is 26.5. The molecule has 190 valence electrons. The summed E-state index contributed by atoms with van der Waals surface area (Å²) >= 11 is 0. The minimum atomic E-state index is -4.49. The van der Waals surface area contributed by atoms with Gasteiger partial charge in [0.05, 0.1) is 16.9 Å². The van der Waals surface area contributed by atoms with Gasteiger partial charge in [-0.1, -0.05) is 18.1 Å². The molecule has 2 amide bonds. The molecule has 0 bridgehead atoms. The van der Waals surface area contributed by atoms with Crippen LogP contribution >= 0.6 is 0 Å². The van der Waals surface area contributed by atoms with Crippen molar-refractivity contribution in [2.75, 3.05) is 11.4 Å². The molecule has 0 atom stereocenters. The summed E-state index contributed by atoms with van der Waals surface area (Å²) in [5, 5.41) is 0. The van der Waals surface area contributed by atoms with Gasteiger partial charge in [-0.25, -0.2) is 9.37 Å². The first-order chi connectivity index (χ1) is 17.5. The Morgan fingerprint density at radius 3 is 2.43 bits per heavy atom. The molecule has 2 aliphatic rings. The topological polar surface area (TPSA) is 66.7 Å². The Bertz CT molecular complexity index is 1420. The molecule has 1 aliphatic heterocycles. The zero-order valence-electron chi connectivity index (χ0n) is 19.7. The number of carbonyl (C=O) groups is 2. The minimum Gasteiger partial charge on any atom is -0.448 e. The number of terminal acetylenes is 1. The molecule has 37 heavy (non-hydrogen) atoms. The van der Waals surface area contributed by atoms with Gasteiger partial charge in [0.15, 0.2) is 5.89 Å². The highest BCUT2D eigenvalue weighted by atomic mass is 19.4. The third kappa shape index (κ3) is 4.24. The number of alkyl halides is 3. The van der Waals surface area contributed by atoms with Gasteiger partial charge in [-0.15, -0.1) is 6.42 Å². The fraction of sp³-hybridized carbons (Fsp3) is 0.296. The summed E-state index contributed by atoms with van der Waals surface area (Å²) in [5.74, 6) is 0.827. The fourth-order valence-corrected chi connectivity index (χ4v) is 5.01. The van der Waals surface area contributed by atoms with Gasteiger partial charge in [0.25, 0.3) is 5.91 Å². The van der Waals surface area contributed by atoms with E-state index in [2.05, 4.69) is 10.9 Å². The van der Waals surface area contributed by atoms with Crippen molar-refractivity contribution in [2.24, 2.45) is 0 Å². The molecule has 1 spiro atoms. The van der Waals surface area contributed by atoms with Gasteiger partial charge < -0.3 is 9.32 Å². The smallest absolute Gasteiger partial charge is 0.416 e. The lowest BCUT2D eigenvalue weighted by Gasteiger charge is -2.56. The van der Waals surface area contributed by atoms with E-state index in [0.29, 0.717) is 22.7 Å². The SMILES string of the molecule is C#Cc1ccc(N2CC(=O)N(Cc3ccc(C(F)(F)F)cc3)C3(CC(c4nc(C)co4)C3)C2=O)c(F)c1. The van der Waals surface area contributed by atoms with Gasteiger partial charge in [-0.3, -0.25) is 14.5 Å². The summed E-state index contributed by atoms with van der Waals surface area (Å²) in [6.07, 6.45) is 2.69. The maximum Gasteiger partial charge on any atom is 0.416 e. The summed E-state index contributed by atoms with van der Waals surface area (Å²) in [6.45, 7) is 1.26. The third-order valence-corrected chi connectivity index (χ3v) is 6.94. The summed E-state index contributed by atoms with van der Waals surface area (Å²) in [7, 11) is 0. The predicted molar refractivity (Wildman–Crippen MR) is 125 cm³/mol. The number of benzene rings is 2. The number of nitrogens with zero attached hydrogens (tertiary/aromatic N) is 3. The first-order valence-electron chi connectivity index (χ1n) is 11.5. The Kier molecular flexibility index (Phi) is 5.82. The predicted octanol–water partition coefficient (Wildman–Crippen LogP) is 4.81. The van der Waals surface area contributed by atoms with Gasteiger partial charge in [-0.05, 0) is 55.7 Å². The van der Waals surface area contributed by atoms with Gasteiger partial charge >= 0.3 is 6.18 Å². The molecule has 1 saturated carbocycles. The van der Waals surface area contributed by atoms with E-state index in [1.165, 1.54) is 35.4 Å². The van der Waals surface area contributed by atoms with Crippen LogP contribution in [0.4, 0.5) is 23.2 Å². The maximum absolute atomic E-state index is 14.9. The van der Waals surface area contributed by atoms with Gasteiger partial charge in [0, 0.05) is 18.0 Å². The van der Waals surface area contributed by atoms with Crippen molar-refractivity contribution in [1.29, 1.82) is 0 Å². The average molecular weight is 511 g/mol. The largest absolute Gasteiger partial charge is 0.448 e. The van der Waals surface area contributed by atoms with Crippen molar-refractivity contribution in [3.05, 3.63) is 82.8 Å². The van der Waals surface area contributed by atoms with Crippen molar-refractivity contribution < 1.29 is 31.6 Å². The summed E-state index contributed by atoms with van der Waals surface area (Å²) in [4.78, 5) is 34.1. The van der Waals surface area contributed by atoms with Crippen molar-refractivity contribution >= 4 is 17.5 Å². The first-order valence-corrected chi connectivity index (χ1v) is 11.5. The molecule has 3 aromatic rings. The fourth-order valence-electron chi connectivity index (χ4n) is 5.01. The van der Waals surface area contributed by atoms with Crippen LogP contribution in [0.2, 0.25) is 0 Å². The number of aryl methyl sites for hydroxylation is 1. The van der Waals surface area contributed by atoms with E-state index in [4.69, 9.17) is 10.8 Å². The van der Waals surface area contributed by atoms with Crippen LogP contribution in [0, 0.1) is 25.1 Å². The molecule has 2 fully saturated rings. The van der Waals surface area contributed by atoms with E-state index < -0.39 is 41.5 Å². The number of rotatable bonds is 4. The van der Waals surface area contributed by atoms with Crippen LogP contribution in [0.5, 0.6) is 0 Å². The Morgan fingerprint density at radius 1 is 1.16 bits per heavy atom. The maximum atomic E-state index is 14.9. The van der Waals surface area contributed by atoms with Crippen LogP contribution in [0.3, 0.4) is 0 Å². The number of anilines is 1. The van der Waals surface area contributed by atoms with E-state index in [1.54, 1.807) is 6.92 Å². The van der Waals surface area contributed by atoms with Crippen molar-refractivity contribution in [1.82, 2.24) is 9.88 Å². The van der Waals surface area contributed by atoms with Crippen LogP contribution in [0.15, 0.2) is 53.1 Å². The van der Waals surface area contributed by atoms with Crippen molar-refractivity contribution in [3.63, 3.8) is 0 Å². The highest BCUT2D eigenvalue weighted by molar-refractivity contribution is 6.10. The number of carbonyl (C=O) groups excluding carboxylic acids is 2. The third-order valence-electron chi connectivity index (χ3n) is 6.94. The second-order valence-electron chi connectivity index (χ2n) is 9.34. The highest BCUT2D eigenvalue weighted by Gasteiger charge is 2.61. The number of aromatic nitrogens is 1. The lowest BCUT2D eigenvalue weighted by molar-refractivity contribution is -0.160. The van der Waals surface area contributed by atoms with Crippen LogP contribution in [0.1, 0.15) is 47.0 Å².